The van der Waals surface area contributed by atoms with E-state index in [-0.39, 0.29) is 36.8 Å². The van der Waals surface area contributed by atoms with Crippen LogP contribution in [0.5, 0.6) is 0 Å². The molecular formula is C17H26Cl2N4O. The van der Waals surface area contributed by atoms with Crippen molar-refractivity contribution in [3.05, 3.63) is 30.1 Å². The quantitative estimate of drug-likeness (QED) is 0.847. The Morgan fingerprint density at radius 2 is 2.12 bits per heavy atom. The van der Waals surface area contributed by atoms with E-state index in [1.54, 1.807) is 0 Å². The molecule has 1 aliphatic heterocycles. The number of amides is 1. The van der Waals surface area contributed by atoms with Crippen molar-refractivity contribution in [3.8, 4) is 0 Å². The largest absolute Gasteiger partial charge is 0.354 e. The lowest BCUT2D eigenvalue weighted by Gasteiger charge is -2.22. The van der Waals surface area contributed by atoms with E-state index < -0.39 is 0 Å². The van der Waals surface area contributed by atoms with Gasteiger partial charge in [-0.3, -0.25) is 4.79 Å². The van der Waals surface area contributed by atoms with E-state index in [2.05, 4.69) is 33.2 Å². The number of hydrogen-bond donors (Lipinski definition) is 2. The predicted molar refractivity (Wildman–Crippen MR) is 102 cm³/mol. The van der Waals surface area contributed by atoms with Gasteiger partial charge in [-0.05, 0) is 38.4 Å². The molecule has 7 heteroatoms. The molecule has 24 heavy (non-hydrogen) atoms. The summed E-state index contributed by atoms with van der Waals surface area (Å²) in [5.74, 6) is 1.17. The summed E-state index contributed by atoms with van der Waals surface area (Å²) in [7, 11) is 0. The number of piperidine rings is 1. The number of aryl methyl sites for hydroxylation is 1. The van der Waals surface area contributed by atoms with Gasteiger partial charge in [0.2, 0.25) is 5.91 Å². The number of nitrogens with one attached hydrogen (secondary N) is 2. The van der Waals surface area contributed by atoms with Gasteiger partial charge in [-0.1, -0.05) is 18.6 Å². The van der Waals surface area contributed by atoms with E-state index in [0.717, 1.165) is 43.7 Å². The van der Waals surface area contributed by atoms with Crippen LogP contribution < -0.4 is 10.6 Å². The summed E-state index contributed by atoms with van der Waals surface area (Å²) in [5.41, 5.74) is 2.19. The van der Waals surface area contributed by atoms with Crippen molar-refractivity contribution in [1.82, 2.24) is 20.2 Å². The third-order valence-corrected chi connectivity index (χ3v) is 4.32. The third kappa shape index (κ3) is 4.62. The minimum absolute atomic E-state index is 0. The molecular weight excluding hydrogens is 347 g/mol. The van der Waals surface area contributed by atoms with Crippen LogP contribution >= 0.6 is 24.8 Å². The number of benzene rings is 1. The number of hydrogen-bond acceptors (Lipinski definition) is 3. The maximum Gasteiger partial charge on any atom is 0.237 e. The molecule has 1 aromatic heterocycles. The first kappa shape index (κ1) is 20.7. The van der Waals surface area contributed by atoms with Gasteiger partial charge in [0.15, 0.2) is 0 Å². The predicted octanol–water partition coefficient (Wildman–Crippen LogP) is 2.70. The molecule has 0 bridgehead atoms. The molecule has 1 aliphatic rings. The van der Waals surface area contributed by atoms with E-state index in [0.29, 0.717) is 6.54 Å². The van der Waals surface area contributed by atoms with Gasteiger partial charge >= 0.3 is 0 Å². The Kier molecular flexibility index (Phi) is 8.53. The fraction of sp³-hybridized carbons (Fsp3) is 0.529. The standard InChI is InChI=1S/C17H24N4O.2ClH/c1-2-21-15-9-4-3-7-13(15)20-16(21)10-12-19-17(22)14-8-5-6-11-18-14;;/h3-4,7,9,14,18H,2,5-6,8,10-12H2,1H3,(H,19,22);2*1H/t14-;;/m1../s1. The molecule has 1 saturated heterocycles. The number of carbonyl (C=O) groups is 1. The Labute approximate surface area is 155 Å². The van der Waals surface area contributed by atoms with Crippen LogP contribution in [-0.2, 0) is 17.8 Å². The minimum atomic E-state index is -0.0151. The second kappa shape index (κ2) is 9.87. The normalized spacial score (nSPS) is 17.0. The van der Waals surface area contributed by atoms with E-state index >= 15 is 0 Å². The van der Waals surface area contributed by atoms with Crippen molar-refractivity contribution in [2.75, 3.05) is 13.1 Å². The molecule has 1 atom stereocenters. The van der Waals surface area contributed by atoms with Crippen LogP contribution in [0.25, 0.3) is 11.0 Å². The fourth-order valence-electron chi connectivity index (χ4n) is 3.17. The van der Waals surface area contributed by atoms with Crippen LogP contribution in [0.4, 0.5) is 0 Å². The third-order valence-electron chi connectivity index (χ3n) is 4.32. The van der Waals surface area contributed by atoms with Crippen LogP contribution in [0.3, 0.4) is 0 Å². The number of fused-ring (bicyclic) bond motifs is 1. The van der Waals surface area contributed by atoms with Gasteiger partial charge in [0.05, 0.1) is 17.1 Å². The van der Waals surface area contributed by atoms with E-state index in [1.807, 2.05) is 18.2 Å². The first-order chi connectivity index (χ1) is 10.8. The molecule has 1 fully saturated rings. The summed E-state index contributed by atoms with van der Waals surface area (Å²) in [6.45, 7) is 4.61. The smallest absolute Gasteiger partial charge is 0.237 e. The van der Waals surface area contributed by atoms with Gasteiger partial charge in [0, 0.05) is 19.5 Å². The van der Waals surface area contributed by atoms with Gasteiger partial charge in [0.25, 0.3) is 0 Å². The average Bonchev–Trinajstić information content (AvgIpc) is 2.93. The maximum atomic E-state index is 12.1. The number of rotatable bonds is 5. The highest BCUT2D eigenvalue weighted by Crippen LogP contribution is 2.16. The molecule has 2 N–H and O–H groups in total. The number of nitrogens with zero attached hydrogens (tertiary/aromatic N) is 2. The minimum Gasteiger partial charge on any atom is -0.354 e. The summed E-state index contributed by atoms with van der Waals surface area (Å²) in [6, 6.07) is 8.17. The molecule has 0 radical (unpaired) electrons. The highest BCUT2D eigenvalue weighted by molar-refractivity contribution is 5.85. The topological polar surface area (TPSA) is 59.0 Å². The molecule has 0 unspecified atom stereocenters. The monoisotopic (exact) mass is 372 g/mol. The lowest BCUT2D eigenvalue weighted by atomic mass is 10.0. The average molecular weight is 373 g/mol. The summed E-state index contributed by atoms with van der Waals surface area (Å²) in [6.07, 6.45) is 4.02. The van der Waals surface area contributed by atoms with Crippen molar-refractivity contribution in [1.29, 1.82) is 0 Å². The molecule has 0 saturated carbocycles. The zero-order valence-electron chi connectivity index (χ0n) is 14.0. The van der Waals surface area contributed by atoms with E-state index in [1.165, 1.54) is 11.9 Å². The first-order valence-electron chi connectivity index (χ1n) is 8.25. The van der Waals surface area contributed by atoms with E-state index in [4.69, 9.17) is 0 Å². The SMILES string of the molecule is CCn1c(CCNC(=O)[C@H]2CCCCN2)nc2ccccc21.Cl.Cl. The molecule has 1 amide bonds. The Morgan fingerprint density at radius 3 is 2.83 bits per heavy atom. The highest BCUT2D eigenvalue weighted by atomic mass is 35.5. The second-order valence-corrected chi connectivity index (χ2v) is 5.80. The summed E-state index contributed by atoms with van der Waals surface area (Å²) < 4.78 is 2.22. The molecule has 3 rings (SSSR count). The van der Waals surface area contributed by atoms with Gasteiger partial charge in [0.1, 0.15) is 5.82 Å². The number of carbonyl (C=O) groups excluding carboxylic acids is 1. The van der Waals surface area contributed by atoms with Crippen molar-refractivity contribution in [2.45, 2.75) is 45.2 Å². The molecule has 0 spiro atoms. The van der Waals surface area contributed by atoms with Crippen LogP contribution in [0.15, 0.2) is 24.3 Å². The van der Waals surface area contributed by atoms with Crippen molar-refractivity contribution < 1.29 is 4.79 Å². The Bertz CT molecular complexity index is 653. The number of halogens is 2. The first-order valence-corrected chi connectivity index (χ1v) is 8.25. The second-order valence-electron chi connectivity index (χ2n) is 5.80. The van der Waals surface area contributed by atoms with E-state index in [9.17, 15) is 4.79 Å². The molecule has 2 heterocycles. The van der Waals surface area contributed by atoms with Crippen molar-refractivity contribution >= 4 is 41.8 Å². The van der Waals surface area contributed by atoms with Gasteiger partial charge in [-0.25, -0.2) is 4.98 Å². The van der Waals surface area contributed by atoms with Crippen LogP contribution in [0.1, 0.15) is 32.0 Å². The molecule has 2 aromatic rings. The highest BCUT2D eigenvalue weighted by Gasteiger charge is 2.20. The molecule has 0 aliphatic carbocycles. The molecule has 5 nitrogen and oxygen atoms in total. The summed E-state index contributed by atoms with van der Waals surface area (Å²) in [4.78, 5) is 16.8. The number of para-hydroxylation sites is 2. The number of aromatic nitrogens is 2. The van der Waals surface area contributed by atoms with Crippen molar-refractivity contribution in [2.24, 2.45) is 0 Å². The van der Waals surface area contributed by atoms with Gasteiger partial charge in [-0.2, -0.15) is 0 Å². The Morgan fingerprint density at radius 1 is 1.33 bits per heavy atom. The molecule has 134 valence electrons. The maximum absolute atomic E-state index is 12.1. The summed E-state index contributed by atoms with van der Waals surface area (Å²) in [5, 5.41) is 6.32. The lowest BCUT2D eigenvalue weighted by molar-refractivity contribution is -0.123. The molecule has 1 aromatic carbocycles. The Hall–Kier alpha value is -1.30. The van der Waals surface area contributed by atoms with Crippen molar-refractivity contribution in [3.63, 3.8) is 0 Å². The van der Waals surface area contributed by atoms with Crippen LogP contribution in [0.2, 0.25) is 0 Å². The Balaban J connectivity index is 0.00000144. The lowest BCUT2D eigenvalue weighted by Crippen LogP contribution is -2.47. The number of imidazole rings is 1. The summed E-state index contributed by atoms with van der Waals surface area (Å²) >= 11 is 0. The van der Waals surface area contributed by atoms with Crippen LogP contribution in [0, 0.1) is 0 Å². The fourth-order valence-corrected chi connectivity index (χ4v) is 3.17. The van der Waals surface area contributed by atoms with Crippen LogP contribution in [-0.4, -0.2) is 34.6 Å². The van der Waals surface area contributed by atoms with Gasteiger partial charge in [-0.15, -0.1) is 24.8 Å². The zero-order valence-corrected chi connectivity index (χ0v) is 15.6. The zero-order chi connectivity index (χ0) is 15.4. The van der Waals surface area contributed by atoms with Gasteiger partial charge < -0.3 is 15.2 Å².